The van der Waals surface area contributed by atoms with Crippen molar-refractivity contribution >= 4 is 105 Å². The second-order valence-electron chi connectivity index (χ2n) is 7.80. The van der Waals surface area contributed by atoms with Crippen LogP contribution in [0.5, 0.6) is 11.5 Å². The maximum atomic E-state index is 12.2. The summed E-state index contributed by atoms with van der Waals surface area (Å²) in [6, 6.07) is 12.0. The van der Waals surface area contributed by atoms with Gasteiger partial charge >= 0.3 is 49.6 Å². The third-order valence-corrected chi connectivity index (χ3v) is 6.20. The van der Waals surface area contributed by atoms with Gasteiger partial charge in [0.2, 0.25) is 0 Å². The van der Waals surface area contributed by atoms with E-state index in [2.05, 4.69) is 20.5 Å². The molecule has 0 radical (unpaired) electrons. The second-order valence-corrected chi connectivity index (χ2v) is 9.19. The molecule has 0 aliphatic heterocycles. The number of nitrogens with two attached hydrogens (primary N) is 1. The number of azo groups is 2. The fourth-order valence-corrected chi connectivity index (χ4v) is 4.13. The molecule has 0 bridgehead atoms. The molecule has 0 saturated carbocycles. The predicted octanol–water partition coefficient (Wildman–Crippen LogP) is 4.76. The summed E-state index contributed by atoms with van der Waals surface area (Å²) in [5.41, 5.74) is 3.97. The number of phenolic OH excluding ortho intramolecular Hbond substituents is 2. The Balaban J connectivity index is 0.00000226. The Kier molecular flexibility index (Phi) is 10.5. The molecule has 41 heavy (non-hydrogen) atoms. The van der Waals surface area contributed by atoms with Gasteiger partial charge in [-0.05, 0) is 36.4 Å². The first kappa shape index (κ1) is 32.0. The summed E-state index contributed by atoms with van der Waals surface area (Å²) in [6.45, 7) is 0. The standard InChI is InChI=1S/C23H16N6O9S.2Na/c24-15-7-6-12-14(20(15)27-25-16-4-2-1-3-13(16)23(32)33)10-19(39(36,37)38)21(22(12)31)28-26-17-9-11(29(34)35)5-8-18(17)30;;/h1-10,30-31H,24H2,(H,32,33)(H,36,37,38);;. The van der Waals surface area contributed by atoms with E-state index in [9.17, 15) is 43.2 Å². The molecule has 0 fully saturated rings. The number of nitro benzene ring substituents is 1. The molecule has 0 aliphatic carbocycles. The summed E-state index contributed by atoms with van der Waals surface area (Å²) in [4.78, 5) is 20.8. The van der Waals surface area contributed by atoms with Gasteiger partial charge in [0, 0.05) is 22.9 Å². The van der Waals surface area contributed by atoms with Crippen LogP contribution >= 0.6 is 0 Å². The van der Waals surface area contributed by atoms with E-state index >= 15 is 0 Å². The fourth-order valence-electron chi connectivity index (χ4n) is 3.48. The van der Waals surface area contributed by atoms with Crippen molar-refractivity contribution in [3.05, 3.63) is 76.3 Å². The van der Waals surface area contributed by atoms with Gasteiger partial charge in [0.1, 0.15) is 33.4 Å². The molecule has 15 nitrogen and oxygen atoms in total. The number of phenols is 2. The average molecular weight is 598 g/mol. The molecule has 0 amide bonds. The molecule has 0 unspecified atom stereocenters. The zero-order valence-electron chi connectivity index (χ0n) is 21.3. The summed E-state index contributed by atoms with van der Waals surface area (Å²) in [7, 11) is -5.07. The van der Waals surface area contributed by atoms with Crippen LogP contribution in [0.4, 0.5) is 34.1 Å². The Morgan fingerprint density at radius 3 is 2.15 bits per heavy atom. The number of carbonyl (C=O) groups is 1. The molecule has 4 rings (SSSR count). The van der Waals surface area contributed by atoms with E-state index in [-0.39, 0.29) is 33.4 Å². The minimum absolute atomic E-state index is 0.0318. The number of aromatic carboxylic acids is 1. The van der Waals surface area contributed by atoms with Crippen molar-refractivity contribution in [1.82, 2.24) is 0 Å². The normalized spacial score (nSPS) is 11.5. The molecule has 0 spiro atoms. The van der Waals surface area contributed by atoms with Crippen molar-refractivity contribution < 1.29 is 38.0 Å². The van der Waals surface area contributed by atoms with Crippen LogP contribution in [-0.2, 0) is 10.1 Å². The van der Waals surface area contributed by atoms with E-state index in [0.717, 1.165) is 24.3 Å². The Labute approximate surface area is 259 Å². The summed E-state index contributed by atoms with van der Waals surface area (Å²) in [5, 5.41) is 56.2. The number of anilines is 1. The van der Waals surface area contributed by atoms with E-state index in [0.29, 0.717) is 0 Å². The average Bonchev–Trinajstić information content (AvgIpc) is 2.93. The van der Waals surface area contributed by atoms with Crippen molar-refractivity contribution in [2.75, 3.05) is 5.73 Å². The van der Waals surface area contributed by atoms with Crippen molar-refractivity contribution in [2.24, 2.45) is 20.5 Å². The molecule has 0 aliphatic rings. The van der Waals surface area contributed by atoms with Crippen molar-refractivity contribution in [3.8, 4) is 11.5 Å². The topological polar surface area (TPSA) is 251 Å². The summed E-state index contributed by atoms with van der Waals surface area (Å²) >= 11 is 2.89. The third kappa shape index (κ3) is 7.24. The second kappa shape index (κ2) is 13.5. The predicted molar refractivity (Wildman–Crippen MR) is 148 cm³/mol. The van der Waals surface area contributed by atoms with Gasteiger partial charge in [-0.25, -0.2) is 4.79 Å². The molecule has 0 saturated heterocycles. The van der Waals surface area contributed by atoms with Crippen LogP contribution in [0, 0.1) is 10.1 Å². The Hall–Kier alpha value is -3.48. The molecule has 200 valence electrons. The van der Waals surface area contributed by atoms with Gasteiger partial charge in [-0.2, -0.15) is 8.42 Å². The number of fused-ring (bicyclic) bond motifs is 1. The molecule has 0 atom stereocenters. The van der Waals surface area contributed by atoms with Crippen LogP contribution in [0.3, 0.4) is 0 Å². The van der Waals surface area contributed by atoms with Crippen LogP contribution in [0.2, 0.25) is 0 Å². The molecule has 0 aromatic heterocycles. The third-order valence-electron chi connectivity index (χ3n) is 5.33. The molecule has 4 aromatic carbocycles. The number of hydrogen-bond acceptors (Lipinski definition) is 12. The molecule has 6 N–H and O–H groups in total. The number of carboxylic acids is 1. The maximum absolute atomic E-state index is 12.2. The molecule has 0 heterocycles. The number of rotatable bonds is 7. The van der Waals surface area contributed by atoms with E-state index in [4.69, 9.17) is 5.73 Å². The van der Waals surface area contributed by atoms with Crippen LogP contribution in [-0.4, -0.2) is 82.8 Å². The van der Waals surface area contributed by atoms with E-state index in [1.165, 1.54) is 80.0 Å². The monoisotopic (exact) mass is 598 g/mol. The van der Waals surface area contributed by atoms with Crippen molar-refractivity contribution in [2.45, 2.75) is 4.90 Å². The van der Waals surface area contributed by atoms with E-state index in [1.54, 1.807) is 0 Å². The summed E-state index contributed by atoms with van der Waals surface area (Å²) < 4.78 is 34.3. The number of nitro groups is 1. The van der Waals surface area contributed by atoms with Gasteiger partial charge in [0.15, 0.2) is 5.75 Å². The molecular formula is C23H16N6Na2O9S. The molecule has 18 heteroatoms. The first-order valence-electron chi connectivity index (χ1n) is 11.6. The van der Waals surface area contributed by atoms with Crippen LogP contribution in [0.1, 0.15) is 10.4 Å². The van der Waals surface area contributed by atoms with Gasteiger partial charge in [0.25, 0.3) is 15.8 Å². The SMILES string of the molecule is Nc1ccc2c(O)c(N=Nc3cc([N+](=O)[O-])ccc3O)c(S(=O)(=O)O)cc2c1N=Nc1ccccc1C(=O)O.[Na][Na]. The fraction of sp³-hybridized carbons (Fsp3) is 0. The number of aromatic hydroxyl groups is 2. The zero-order valence-corrected chi connectivity index (χ0v) is 26.1. The van der Waals surface area contributed by atoms with E-state index < -0.39 is 54.5 Å². The van der Waals surface area contributed by atoms with Gasteiger partial charge in [-0.15, -0.1) is 20.5 Å². The minimum atomic E-state index is -5.07. The van der Waals surface area contributed by atoms with Crippen LogP contribution in [0.25, 0.3) is 10.8 Å². The van der Waals surface area contributed by atoms with Gasteiger partial charge in [0.05, 0.1) is 16.2 Å². The van der Waals surface area contributed by atoms with Crippen molar-refractivity contribution in [3.63, 3.8) is 0 Å². The van der Waals surface area contributed by atoms with Crippen molar-refractivity contribution in [1.29, 1.82) is 0 Å². The van der Waals surface area contributed by atoms with Crippen LogP contribution < -0.4 is 5.73 Å². The number of hydrogen-bond donors (Lipinski definition) is 5. The number of carboxylic acid groups (broad SMARTS) is 1. The number of benzene rings is 4. The van der Waals surface area contributed by atoms with Gasteiger partial charge in [-0.1, -0.05) is 12.1 Å². The summed E-state index contributed by atoms with van der Waals surface area (Å²) in [5.74, 6) is -2.60. The van der Waals surface area contributed by atoms with E-state index in [1.807, 2.05) is 0 Å². The molecular weight excluding hydrogens is 582 g/mol. The first-order chi connectivity index (χ1) is 19.4. The first-order valence-corrected chi connectivity index (χ1v) is 21.0. The number of non-ortho nitro benzene ring substituents is 1. The molecule has 4 aromatic rings. The van der Waals surface area contributed by atoms with Gasteiger partial charge < -0.3 is 21.1 Å². The Morgan fingerprint density at radius 2 is 1.51 bits per heavy atom. The van der Waals surface area contributed by atoms with Crippen LogP contribution in [0.15, 0.2) is 86.0 Å². The number of nitrogens with zero attached hydrogens (tertiary/aromatic N) is 5. The summed E-state index contributed by atoms with van der Waals surface area (Å²) in [6.07, 6.45) is 0. The zero-order chi connectivity index (χ0) is 30.5. The number of nitrogen functional groups attached to an aromatic ring is 1. The van der Waals surface area contributed by atoms with Gasteiger partial charge in [-0.3, -0.25) is 14.7 Å². The Bertz CT molecular complexity index is 1850. The quantitative estimate of drug-likeness (QED) is 0.0487. The Morgan fingerprint density at radius 1 is 0.878 bits per heavy atom.